The molecule has 3 rings (SSSR count). The standard InChI is InChI=1S/C20H26N2O2/c1-21(13-14-23)20(24)11-12-22(18-9-10-18)15-17-7-4-6-16-5-2-3-8-19(16)17/h2-8,18,23H,9-15H2,1H3. The van der Waals surface area contributed by atoms with Crippen LogP contribution in [0.2, 0.25) is 0 Å². The van der Waals surface area contributed by atoms with Crippen molar-refractivity contribution in [1.29, 1.82) is 0 Å². The fourth-order valence-corrected chi connectivity index (χ4v) is 3.18. The second-order valence-corrected chi connectivity index (χ2v) is 6.63. The summed E-state index contributed by atoms with van der Waals surface area (Å²) in [4.78, 5) is 16.2. The summed E-state index contributed by atoms with van der Waals surface area (Å²) in [6, 6.07) is 15.5. The highest BCUT2D eigenvalue weighted by Gasteiger charge is 2.29. The molecule has 1 aliphatic carbocycles. The van der Waals surface area contributed by atoms with Gasteiger partial charge in [0.05, 0.1) is 6.61 Å². The molecule has 2 aromatic rings. The minimum absolute atomic E-state index is 0.0184. The Morgan fingerprint density at radius 1 is 1.12 bits per heavy atom. The van der Waals surface area contributed by atoms with E-state index in [1.165, 1.54) is 29.2 Å². The van der Waals surface area contributed by atoms with Crippen LogP contribution >= 0.6 is 0 Å². The molecule has 0 heterocycles. The summed E-state index contributed by atoms with van der Waals surface area (Å²) in [5, 5.41) is 11.5. The van der Waals surface area contributed by atoms with Gasteiger partial charge in [-0.1, -0.05) is 42.5 Å². The van der Waals surface area contributed by atoms with Crippen LogP contribution in [0.25, 0.3) is 10.8 Å². The third-order valence-corrected chi connectivity index (χ3v) is 4.79. The topological polar surface area (TPSA) is 43.8 Å². The largest absolute Gasteiger partial charge is 0.395 e. The van der Waals surface area contributed by atoms with Crippen LogP contribution in [0.4, 0.5) is 0 Å². The number of carbonyl (C=O) groups excluding carboxylic acids is 1. The molecule has 0 aromatic heterocycles. The summed E-state index contributed by atoms with van der Waals surface area (Å²) in [5.41, 5.74) is 1.33. The number of rotatable bonds is 8. The van der Waals surface area contributed by atoms with Crippen LogP contribution in [0.1, 0.15) is 24.8 Å². The van der Waals surface area contributed by atoms with Gasteiger partial charge in [0.25, 0.3) is 0 Å². The lowest BCUT2D eigenvalue weighted by Gasteiger charge is -2.24. The molecule has 1 aliphatic rings. The van der Waals surface area contributed by atoms with Crippen molar-refractivity contribution in [3.05, 3.63) is 48.0 Å². The fraction of sp³-hybridized carbons (Fsp3) is 0.450. The van der Waals surface area contributed by atoms with Crippen LogP contribution in [-0.2, 0) is 11.3 Å². The molecule has 1 N–H and O–H groups in total. The minimum Gasteiger partial charge on any atom is -0.395 e. The molecule has 0 bridgehead atoms. The number of hydrogen-bond acceptors (Lipinski definition) is 3. The quantitative estimate of drug-likeness (QED) is 0.811. The maximum Gasteiger partial charge on any atom is 0.223 e. The lowest BCUT2D eigenvalue weighted by molar-refractivity contribution is -0.130. The molecule has 2 aromatic carbocycles. The number of likely N-dealkylation sites (N-methyl/N-ethyl adjacent to an activating group) is 1. The van der Waals surface area contributed by atoms with Gasteiger partial charge < -0.3 is 10.0 Å². The molecule has 4 heteroatoms. The van der Waals surface area contributed by atoms with E-state index in [4.69, 9.17) is 5.11 Å². The highest BCUT2D eigenvalue weighted by atomic mass is 16.3. The third kappa shape index (κ3) is 4.13. The van der Waals surface area contributed by atoms with E-state index in [1.54, 1.807) is 11.9 Å². The number of benzene rings is 2. The Morgan fingerprint density at radius 2 is 1.88 bits per heavy atom. The molecule has 0 unspecified atom stereocenters. The first-order valence-corrected chi connectivity index (χ1v) is 8.74. The summed E-state index contributed by atoms with van der Waals surface area (Å²) in [7, 11) is 1.75. The number of aliphatic hydroxyl groups is 1. The zero-order valence-electron chi connectivity index (χ0n) is 14.3. The molecule has 0 spiro atoms. The van der Waals surface area contributed by atoms with Crippen molar-refractivity contribution in [2.75, 3.05) is 26.7 Å². The van der Waals surface area contributed by atoms with E-state index in [2.05, 4.69) is 47.4 Å². The van der Waals surface area contributed by atoms with Crippen molar-refractivity contribution >= 4 is 16.7 Å². The van der Waals surface area contributed by atoms with Crippen LogP contribution in [0, 0.1) is 0 Å². The summed E-state index contributed by atoms with van der Waals surface area (Å²) >= 11 is 0. The molecule has 4 nitrogen and oxygen atoms in total. The number of fused-ring (bicyclic) bond motifs is 1. The SMILES string of the molecule is CN(CCO)C(=O)CCN(Cc1cccc2ccccc12)C1CC1. The summed E-state index contributed by atoms with van der Waals surface area (Å²) in [5.74, 6) is 0.104. The predicted octanol–water partition coefficient (Wildman–Crippen LogP) is 2.65. The van der Waals surface area contributed by atoms with Crippen molar-refractivity contribution in [3.63, 3.8) is 0 Å². The van der Waals surface area contributed by atoms with Gasteiger partial charge >= 0.3 is 0 Å². The fourth-order valence-electron chi connectivity index (χ4n) is 3.18. The highest BCUT2D eigenvalue weighted by molar-refractivity contribution is 5.85. The van der Waals surface area contributed by atoms with Gasteiger partial charge in [0, 0.05) is 39.1 Å². The monoisotopic (exact) mass is 326 g/mol. The number of nitrogens with zero attached hydrogens (tertiary/aromatic N) is 2. The Kier molecular flexibility index (Phi) is 5.48. The van der Waals surface area contributed by atoms with Gasteiger partial charge in [-0.15, -0.1) is 0 Å². The van der Waals surface area contributed by atoms with Crippen molar-refractivity contribution in [2.45, 2.75) is 31.8 Å². The smallest absolute Gasteiger partial charge is 0.223 e. The van der Waals surface area contributed by atoms with Gasteiger partial charge in [-0.05, 0) is 29.2 Å². The van der Waals surface area contributed by atoms with Crippen molar-refractivity contribution < 1.29 is 9.90 Å². The van der Waals surface area contributed by atoms with Gasteiger partial charge in [0.2, 0.25) is 5.91 Å². The molecular formula is C20H26N2O2. The van der Waals surface area contributed by atoms with Gasteiger partial charge in [0.15, 0.2) is 0 Å². The molecule has 0 saturated heterocycles. The second-order valence-electron chi connectivity index (χ2n) is 6.63. The van der Waals surface area contributed by atoms with Crippen LogP contribution in [0.5, 0.6) is 0 Å². The van der Waals surface area contributed by atoms with Crippen LogP contribution < -0.4 is 0 Å². The molecule has 0 aliphatic heterocycles. The first kappa shape index (κ1) is 16.9. The van der Waals surface area contributed by atoms with Crippen molar-refractivity contribution in [1.82, 2.24) is 9.80 Å². The van der Waals surface area contributed by atoms with E-state index in [0.717, 1.165) is 13.1 Å². The normalized spacial score (nSPS) is 14.3. The Balaban J connectivity index is 1.67. The molecule has 24 heavy (non-hydrogen) atoms. The Morgan fingerprint density at radius 3 is 2.62 bits per heavy atom. The zero-order chi connectivity index (χ0) is 16.9. The molecule has 128 valence electrons. The average Bonchev–Trinajstić information content (AvgIpc) is 3.43. The lowest BCUT2D eigenvalue weighted by atomic mass is 10.0. The molecule has 0 radical (unpaired) electrons. The molecule has 1 fully saturated rings. The Labute approximate surface area is 143 Å². The molecule has 0 atom stereocenters. The summed E-state index contributed by atoms with van der Waals surface area (Å²) < 4.78 is 0. The maximum atomic E-state index is 12.1. The van der Waals surface area contributed by atoms with Crippen LogP contribution in [0.3, 0.4) is 0 Å². The molecular weight excluding hydrogens is 300 g/mol. The van der Waals surface area contributed by atoms with Crippen LogP contribution in [-0.4, -0.2) is 53.6 Å². The zero-order valence-corrected chi connectivity index (χ0v) is 14.3. The van der Waals surface area contributed by atoms with Crippen molar-refractivity contribution in [3.8, 4) is 0 Å². The van der Waals surface area contributed by atoms with Gasteiger partial charge in [0.1, 0.15) is 0 Å². The maximum absolute atomic E-state index is 12.1. The van der Waals surface area contributed by atoms with Gasteiger partial charge in [-0.2, -0.15) is 0 Å². The lowest BCUT2D eigenvalue weighted by Crippen LogP contribution is -2.34. The second kappa shape index (κ2) is 7.77. The van der Waals surface area contributed by atoms with Crippen LogP contribution in [0.15, 0.2) is 42.5 Å². The predicted molar refractivity (Wildman–Crippen MR) is 96.7 cm³/mol. The van der Waals surface area contributed by atoms with E-state index in [-0.39, 0.29) is 12.5 Å². The minimum atomic E-state index is 0.0184. The van der Waals surface area contributed by atoms with Crippen molar-refractivity contribution in [2.24, 2.45) is 0 Å². The summed E-state index contributed by atoms with van der Waals surface area (Å²) in [6.45, 7) is 2.10. The average molecular weight is 326 g/mol. The third-order valence-electron chi connectivity index (χ3n) is 4.79. The first-order valence-electron chi connectivity index (χ1n) is 8.74. The molecule has 1 amide bonds. The van der Waals surface area contributed by atoms with E-state index in [9.17, 15) is 4.79 Å². The van der Waals surface area contributed by atoms with Gasteiger partial charge in [-0.25, -0.2) is 0 Å². The van der Waals surface area contributed by atoms with E-state index in [0.29, 0.717) is 19.0 Å². The number of carbonyl (C=O) groups is 1. The molecule has 1 saturated carbocycles. The number of amides is 1. The van der Waals surface area contributed by atoms with E-state index >= 15 is 0 Å². The Hall–Kier alpha value is -1.91. The first-order chi connectivity index (χ1) is 11.7. The number of aliphatic hydroxyl groups excluding tert-OH is 1. The van der Waals surface area contributed by atoms with E-state index in [1.807, 2.05) is 0 Å². The summed E-state index contributed by atoms with van der Waals surface area (Å²) in [6.07, 6.45) is 2.97. The van der Waals surface area contributed by atoms with E-state index < -0.39 is 0 Å². The Bertz CT molecular complexity index is 692. The highest BCUT2D eigenvalue weighted by Crippen LogP contribution is 2.30. The number of hydrogen-bond donors (Lipinski definition) is 1. The van der Waals surface area contributed by atoms with Gasteiger partial charge in [-0.3, -0.25) is 9.69 Å².